The lowest BCUT2D eigenvalue weighted by Crippen LogP contribution is -2.48. The molecular weight excluding hydrogens is 313 g/mol. The summed E-state index contributed by atoms with van der Waals surface area (Å²) in [6.07, 6.45) is 1.54. The van der Waals surface area contributed by atoms with Crippen LogP contribution in [-0.2, 0) is 14.4 Å². The van der Waals surface area contributed by atoms with Crippen LogP contribution < -0.4 is 5.32 Å². The van der Waals surface area contributed by atoms with Gasteiger partial charge in [-0.3, -0.25) is 9.59 Å². The molecule has 2 aliphatic heterocycles. The predicted octanol–water partition coefficient (Wildman–Crippen LogP) is 1.45. The van der Waals surface area contributed by atoms with Crippen LogP contribution in [-0.4, -0.2) is 47.7 Å². The first kappa shape index (κ1) is 16.4. The predicted molar refractivity (Wildman–Crippen MR) is 85.8 cm³/mol. The molecule has 0 spiro atoms. The molecule has 6 nitrogen and oxygen atoms in total. The highest BCUT2D eigenvalue weighted by molar-refractivity contribution is 6.04. The summed E-state index contributed by atoms with van der Waals surface area (Å²) < 4.78 is 13.0. The third-order valence-electron chi connectivity index (χ3n) is 4.29. The minimum Gasteiger partial charge on any atom is -0.382 e. The maximum Gasteiger partial charge on any atom is 0.264 e. The van der Waals surface area contributed by atoms with Gasteiger partial charge in [0.1, 0.15) is 11.9 Å². The van der Waals surface area contributed by atoms with Gasteiger partial charge in [-0.1, -0.05) is 17.3 Å². The van der Waals surface area contributed by atoms with Crippen molar-refractivity contribution in [2.45, 2.75) is 38.3 Å². The van der Waals surface area contributed by atoms with E-state index >= 15 is 0 Å². The van der Waals surface area contributed by atoms with Crippen molar-refractivity contribution in [3.05, 3.63) is 35.6 Å². The summed E-state index contributed by atoms with van der Waals surface area (Å²) in [7, 11) is 0. The van der Waals surface area contributed by atoms with E-state index in [0.29, 0.717) is 17.7 Å². The Morgan fingerprint density at radius 3 is 2.62 bits per heavy atom. The molecule has 128 valence electrons. The molecule has 0 radical (unpaired) electrons. The summed E-state index contributed by atoms with van der Waals surface area (Å²) in [5.41, 5.74) is 1.31. The molecule has 3 rings (SSSR count). The molecule has 24 heavy (non-hydrogen) atoms. The Morgan fingerprint density at radius 1 is 1.29 bits per heavy atom. The van der Waals surface area contributed by atoms with Gasteiger partial charge in [0.2, 0.25) is 12.0 Å². The first-order chi connectivity index (χ1) is 11.5. The highest BCUT2D eigenvalue weighted by Gasteiger charge is 2.32. The van der Waals surface area contributed by atoms with Crippen molar-refractivity contribution >= 4 is 17.5 Å². The normalized spacial score (nSPS) is 21.2. The number of hydrogen-bond acceptors (Lipinski definition) is 4. The SMILES string of the molecule is CC(NC(=O)C1CC(c2ccc(F)cc2)=NO1)C(=O)N1CCCC1. The molecule has 0 saturated carbocycles. The van der Waals surface area contributed by atoms with Crippen molar-refractivity contribution in [3.63, 3.8) is 0 Å². The molecule has 2 atom stereocenters. The summed E-state index contributed by atoms with van der Waals surface area (Å²) in [5, 5.41) is 6.60. The zero-order valence-corrected chi connectivity index (χ0v) is 13.5. The fraction of sp³-hybridized carbons (Fsp3) is 0.471. The van der Waals surface area contributed by atoms with Crippen molar-refractivity contribution in [3.8, 4) is 0 Å². The van der Waals surface area contributed by atoms with Crippen LogP contribution in [0.1, 0.15) is 31.7 Å². The van der Waals surface area contributed by atoms with Crippen LogP contribution >= 0.6 is 0 Å². The summed E-state index contributed by atoms with van der Waals surface area (Å²) in [6.45, 7) is 3.17. The summed E-state index contributed by atoms with van der Waals surface area (Å²) in [5.74, 6) is -0.767. The number of rotatable bonds is 4. The van der Waals surface area contributed by atoms with Crippen LogP contribution in [0, 0.1) is 5.82 Å². The van der Waals surface area contributed by atoms with Gasteiger partial charge in [-0.15, -0.1) is 0 Å². The van der Waals surface area contributed by atoms with Gasteiger partial charge in [-0.25, -0.2) is 4.39 Å². The van der Waals surface area contributed by atoms with E-state index < -0.39 is 12.1 Å². The van der Waals surface area contributed by atoms with Crippen molar-refractivity contribution in [1.82, 2.24) is 10.2 Å². The second-order valence-corrected chi connectivity index (χ2v) is 6.11. The third-order valence-corrected chi connectivity index (χ3v) is 4.29. The lowest BCUT2D eigenvalue weighted by molar-refractivity contribution is -0.138. The van der Waals surface area contributed by atoms with Gasteiger partial charge < -0.3 is 15.1 Å². The quantitative estimate of drug-likeness (QED) is 0.906. The molecule has 0 aliphatic carbocycles. The third kappa shape index (κ3) is 3.55. The number of likely N-dealkylation sites (tertiary alicyclic amines) is 1. The smallest absolute Gasteiger partial charge is 0.264 e. The van der Waals surface area contributed by atoms with Crippen molar-refractivity contribution in [1.29, 1.82) is 0 Å². The van der Waals surface area contributed by atoms with Crippen molar-refractivity contribution < 1.29 is 18.8 Å². The second kappa shape index (κ2) is 6.98. The van der Waals surface area contributed by atoms with E-state index in [9.17, 15) is 14.0 Å². The maximum atomic E-state index is 13.0. The fourth-order valence-electron chi connectivity index (χ4n) is 2.91. The van der Waals surface area contributed by atoms with Gasteiger partial charge in [0.05, 0.1) is 5.71 Å². The molecule has 0 bridgehead atoms. The van der Waals surface area contributed by atoms with E-state index in [2.05, 4.69) is 10.5 Å². The molecule has 2 unspecified atom stereocenters. The van der Waals surface area contributed by atoms with E-state index in [4.69, 9.17) is 4.84 Å². The van der Waals surface area contributed by atoms with Gasteiger partial charge in [-0.05, 0) is 37.5 Å². The summed E-state index contributed by atoms with van der Waals surface area (Å²) >= 11 is 0. The standard InChI is InChI=1S/C17H20FN3O3/c1-11(17(23)21-8-2-3-9-21)19-16(22)15-10-14(20-24-15)12-4-6-13(18)7-5-12/h4-7,11,15H,2-3,8-10H2,1H3,(H,19,22). The molecule has 0 aromatic heterocycles. The first-order valence-electron chi connectivity index (χ1n) is 8.12. The van der Waals surface area contributed by atoms with Crippen LogP contribution in [0.3, 0.4) is 0 Å². The fourth-order valence-corrected chi connectivity index (χ4v) is 2.91. The second-order valence-electron chi connectivity index (χ2n) is 6.11. The Hall–Kier alpha value is -2.44. The van der Waals surface area contributed by atoms with Gasteiger partial charge in [-0.2, -0.15) is 0 Å². The Balaban J connectivity index is 1.53. The van der Waals surface area contributed by atoms with Crippen LogP contribution in [0.4, 0.5) is 4.39 Å². The van der Waals surface area contributed by atoms with E-state index in [1.165, 1.54) is 12.1 Å². The molecule has 2 heterocycles. The largest absolute Gasteiger partial charge is 0.382 e. The van der Waals surface area contributed by atoms with Gasteiger partial charge in [0.15, 0.2) is 0 Å². The number of carbonyl (C=O) groups is 2. The molecule has 1 aromatic carbocycles. The Labute approximate surface area is 139 Å². The van der Waals surface area contributed by atoms with Crippen LogP contribution in [0.5, 0.6) is 0 Å². The lowest BCUT2D eigenvalue weighted by atomic mass is 10.0. The topological polar surface area (TPSA) is 71.0 Å². The number of carbonyl (C=O) groups excluding carboxylic acids is 2. The highest BCUT2D eigenvalue weighted by Crippen LogP contribution is 2.17. The number of nitrogens with one attached hydrogen (secondary N) is 1. The Bertz CT molecular complexity index is 654. The number of benzene rings is 1. The number of oxime groups is 1. The van der Waals surface area contributed by atoms with Crippen molar-refractivity contribution in [2.24, 2.45) is 5.16 Å². The molecule has 2 aliphatic rings. The van der Waals surface area contributed by atoms with E-state index in [-0.39, 0.29) is 17.6 Å². The molecule has 2 amide bonds. The minimum atomic E-state index is -0.765. The number of nitrogens with zero attached hydrogens (tertiary/aromatic N) is 2. The number of halogens is 1. The van der Waals surface area contributed by atoms with E-state index in [1.807, 2.05) is 0 Å². The maximum absolute atomic E-state index is 13.0. The van der Waals surface area contributed by atoms with Crippen LogP contribution in [0.2, 0.25) is 0 Å². The Morgan fingerprint density at radius 2 is 1.96 bits per heavy atom. The zero-order chi connectivity index (χ0) is 17.1. The monoisotopic (exact) mass is 333 g/mol. The number of amides is 2. The summed E-state index contributed by atoms with van der Waals surface area (Å²) in [4.78, 5) is 31.4. The minimum absolute atomic E-state index is 0.0708. The molecule has 7 heteroatoms. The Kier molecular flexibility index (Phi) is 4.78. The number of hydrogen-bond donors (Lipinski definition) is 1. The summed E-state index contributed by atoms with van der Waals surface area (Å²) in [6, 6.07) is 5.27. The highest BCUT2D eigenvalue weighted by atomic mass is 19.1. The van der Waals surface area contributed by atoms with E-state index in [1.54, 1.807) is 24.0 Å². The molecule has 1 N–H and O–H groups in total. The van der Waals surface area contributed by atoms with Crippen molar-refractivity contribution in [2.75, 3.05) is 13.1 Å². The van der Waals surface area contributed by atoms with Gasteiger partial charge in [0, 0.05) is 19.5 Å². The molecule has 1 aromatic rings. The van der Waals surface area contributed by atoms with Crippen LogP contribution in [0.15, 0.2) is 29.4 Å². The molecule has 1 saturated heterocycles. The lowest BCUT2D eigenvalue weighted by Gasteiger charge is -2.21. The van der Waals surface area contributed by atoms with Crippen LogP contribution in [0.25, 0.3) is 0 Å². The molecule has 1 fully saturated rings. The van der Waals surface area contributed by atoms with Gasteiger partial charge >= 0.3 is 0 Å². The van der Waals surface area contributed by atoms with E-state index in [0.717, 1.165) is 25.9 Å². The molecular formula is C17H20FN3O3. The first-order valence-corrected chi connectivity index (χ1v) is 8.12. The zero-order valence-electron chi connectivity index (χ0n) is 13.5. The average Bonchev–Trinajstić information content (AvgIpc) is 3.26. The average molecular weight is 333 g/mol. The van der Waals surface area contributed by atoms with Gasteiger partial charge in [0.25, 0.3) is 5.91 Å².